The molecule has 0 unspecified atom stereocenters. The number of carbonyl (C=O) groups excluding carboxylic acids is 2. The number of rotatable bonds is 5. The average Bonchev–Trinajstić information content (AvgIpc) is 2.59. The van der Waals surface area contributed by atoms with Crippen molar-refractivity contribution in [2.75, 3.05) is 18.5 Å². The number of halogens is 1. The highest BCUT2D eigenvalue weighted by Gasteiger charge is 2.01. The summed E-state index contributed by atoms with van der Waals surface area (Å²) in [7, 11) is 0. The van der Waals surface area contributed by atoms with E-state index in [2.05, 4.69) is 22.5 Å². The van der Waals surface area contributed by atoms with Crippen molar-refractivity contribution >= 4 is 17.5 Å². The fourth-order valence-electron chi connectivity index (χ4n) is 1.86. The normalized spacial score (nSPS) is 9.52. The van der Waals surface area contributed by atoms with E-state index < -0.39 is 0 Å². The molecular weight excluding hydrogens is 323 g/mol. The van der Waals surface area contributed by atoms with Crippen LogP contribution in [0.25, 0.3) is 0 Å². The molecule has 0 aliphatic heterocycles. The van der Waals surface area contributed by atoms with Crippen LogP contribution in [-0.2, 0) is 9.59 Å². The third kappa shape index (κ3) is 6.75. The van der Waals surface area contributed by atoms with Crippen LogP contribution in [0.1, 0.15) is 12.5 Å². The Morgan fingerprint density at radius 2 is 1.76 bits per heavy atom. The fourth-order valence-corrected chi connectivity index (χ4v) is 1.86. The second-order valence-corrected chi connectivity index (χ2v) is 5.08. The topological polar surface area (TPSA) is 67.4 Å². The van der Waals surface area contributed by atoms with Gasteiger partial charge in [-0.1, -0.05) is 11.8 Å². The summed E-state index contributed by atoms with van der Waals surface area (Å²) in [6, 6.07) is 12.5. The number of hydrogen-bond acceptors (Lipinski definition) is 3. The SMILES string of the molecule is CC(=O)Nc1ccc(C#CCNC(=O)COc2ccc(F)cc2)cc1. The molecule has 0 saturated heterocycles. The van der Waals surface area contributed by atoms with Gasteiger partial charge in [0.15, 0.2) is 6.61 Å². The van der Waals surface area contributed by atoms with E-state index in [1.54, 1.807) is 24.3 Å². The Bertz CT molecular complexity index is 790. The zero-order valence-electron chi connectivity index (χ0n) is 13.6. The first kappa shape index (κ1) is 18.0. The highest BCUT2D eigenvalue weighted by Crippen LogP contribution is 2.10. The molecule has 0 radical (unpaired) electrons. The number of hydrogen-bond donors (Lipinski definition) is 2. The summed E-state index contributed by atoms with van der Waals surface area (Å²) >= 11 is 0. The van der Waals surface area contributed by atoms with E-state index in [1.807, 2.05) is 0 Å². The number of amides is 2. The molecule has 0 aromatic heterocycles. The van der Waals surface area contributed by atoms with Crippen molar-refractivity contribution in [3.8, 4) is 17.6 Å². The predicted octanol–water partition coefficient (Wildman–Crippen LogP) is 2.33. The molecule has 0 spiro atoms. The summed E-state index contributed by atoms with van der Waals surface area (Å²) in [4.78, 5) is 22.5. The third-order valence-corrected chi connectivity index (χ3v) is 3.00. The second-order valence-electron chi connectivity index (χ2n) is 5.08. The predicted molar refractivity (Wildman–Crippen MR) is 92.5 cm³/mol. The minimum Gasteiger partial charge on any atom is -0.484 e. The van der Waals surface area contributed by atoms with Gasteiger partial charge in [-0.3, -0.25) is 9.59 Å². The van der Waals surface area contributed by atoms with Gasteiger partial charge in [-0.2, -0.15) is 0 Å². The van der Waals surface area contributed by atoms with Crippen LogP contribution < -0.4 is 15.4 Å². The lowest BCUT2D eigenvalue weighted by atomic mass is 10.2. The summed E-state index contributed by atoms with van der Waals surface area (Å²) in [5.41, 5.74) is 1.47. The Morgan fingerprint density at radius 3 is 2.40 bits per heavy atom. The lowest BCUT2D eigenvalue weighted by Gasteiger charge is -2.05. The smallest absolute Gasteiger partial charge is 0.258 e. The van der Waals surface area contributed by atoms with Gasteiger partial charge in [0.25, 0.3) is 5.91 Å². The standard InChI is InChI=1S/C19H17FN2O3/c1-14(23)22-17-8-4-15(5-9-17)3-2-12-21-19(24)13-25-18-10-6-16(20)7-11-18/h4-11H,12-13H2,1H3,(H,21,24)(H,22,23). The molecule has 0 atom stereocenters. The lowest BCUT2D eigenvalue weighted by molar-refractivity contribution is -0.122. The minimum atomic E-state index is -0.364. The highest BCUT2D eigenvalue weighted by molar-refractivity contribution is 5.88. The summed E-state index contributed by atoms with van der Waals surface area (Å²) in [5.74, 6) is 5.32. The molecule has 6 heteroatoms. The first-order chi connectivity index (χ1) is 12.0. The number of carbonyl (C=O) groups is 2. The van der Waals surface area contributed by atoms with E-state index in [-0.39, 0.29) is 30.8 Å². The zero-order valence-corrected chi connectivity index (χ0v) is 13.6. The Morgan fingerprint density at radius 1 is 1.08 bits per heavy atom. The maximum absolute atomic E-state index is 12.7. The number of nitrogens with one attached hydrogen (secondary N) is 2. The molecule has 0 heterocycles. The van der Waals surface area contributed by atoms with Crippen molar-refractivity contribution in [3.05, 3.63) is 59.9 Å². The third-order valence-electron chi connectivity index (χ3n) is 3.00. The molecule has 2 rings (SSSR count). The molecule has 0 bridgehead atoms. The molecule has 5 nitrogen and oxygen atoms in total. The maximum Gasteiger partial charge on any atom is 0.258 e. The van der Waals surface area contributed by atoms with Crippen molar-refractivity contribution < 1.29 is 18.7 Å². The van der Waals surface area contributed by atoms with Crippen molar-refractivity contribution in [1.82, 2.24) is 5.32 Å². The number of anilines is 1. The van der Waals surface area contributed by atoms with E-state index in [0.29, 0.717) is 11.4 Å². The minimum absolute atomic E-state index is 0.135. The van der Waals surface area contributed by atoms with Gasteiger partial charge >= 0.3 is 0 Å². The van der Waals surface area contributed by atoms with E-state index >= 15 is 0 Å². The van der Waals surface area contributed by atoms with Crippen LogP contribution in [0.4, 0.5) is 10.1 Å². The van der Waals surface area contributed by atoms with Gasteiger partial charge < -0.3 is 15.4 Å². The summed E-state index contributed by atoms with van der Waals surface area (Å²) in [6.45, 7) is 1.45. The van der Waals surface area contributed by atoms with Crippen molar-refractivity contribution in [3.63, 3.8) is 0 Å². The monoisotopic (exact) mass is 340 g/mol. The van der Waals surface area contributed by atoms with Gasteiger partial charge in [-0.05, 0) is 48.5 Å². The van der Waals surface area contributed by atoms with Crippen LogP contribution in [0.2, 0.25) is 0 Å². The van der Waals surface area contributed by atoms with Crippen molar-refractivity contribution in [2.45, 2.75) is 6.92 Å². The number of ether oxygens (including phenoxy) is 1. The number of benzene rings is 2. The van der Waals surface area contributed by atoms with Gasteiger partial charge in [-0.15, -0.1) is 0 Å². The van der Waals surface area contributed by atoms with Crippen molar-refractivity contribution in [2.24, 2.45) is 0 Å². The van der Waals surface area contributed by atoms with E-state index in [0.717, 1.165) is 5.56 Å². The fraction of sp³-hybridized carbons (Fsp3) is 0.158. The maximum atomic E-state index is 12.7. The molecule has 128 valence electrons. The van der Waals surface area contributed by atoms with E-state index in [1.165, 1.54) is 31.2 Å². The zero-order chi connectivity index (χ0) is 18.1. The molecule has 25 heavy (non-hydrogen) atoms. The molecule has 0 fully saturated rings. The van der Waals surface area contributed by atoms with Crippen molar-refractivity contribution in [1.29, 1.82) is 0 Å². The van der Waals surface area contributed by atoms with Gasteiger partial charge in [0, 0.05) is 18.2 Å². The Kier molecular flexibility index (Phi) is 6.55. The molecule has 0 saturated carbocycles. The second kappa shape index (κ2) is 9.08. The average molecular weight is 340 g/mol. The molecule has 2 aromatic carbocycles. The first-order valence-electron chi connectivity index (χ1n) is 7.54. The highest BCUT2D eigenvalue weighted by atomic mass is 19.1. The molecule has 2 N–H and O–H groups in total. The summed E-state index contributed by atoms with van der Waals surface area (Å²) < 4.78 is 18.0. The molecule has 2 aromatic rings. The van der Waals surface area contributed by atoms with E-state index in [4.69, 9.17) is 4.74 Å². The first-order valence-corrected chi connectivity index (χ1v) is 7.54. The van der Waals surface area contributed by atoms with Gasteiger partial charge in [0.1, 0.15) is 11.6 Å². The van der Waals surface area contributed by atoms with E-state index in [9.17, 15) is 14.0 Å². The van der Waals surface area contributed by atoms with Gasteiger partial charge in [0.05, 0.1) is 6.54 Å². The van der Waals surface area contributed by atoms with Crippen LogP contribution in [0.3, 0.4) is 0 Å². The molecular formula is C19H17FN2O3. The molecule has 2 amide bonds. The summed E-state index contributed by atoms with van der Waals surface area (Å²) in [5, 5.41) is 5.27. The van der Waals surface area contributed by atoms with Crippen LogP contribution in [0.5, 0.6) is 5.75 Å². The van der Waals surface area contributed by atoms with Gasteiger partial charge in [-0.25, -0.2) is 4.39 Å². The Hall–Kier alpha value is -3.33. The summed E-state index contributed by atoms with van der Waals surface area (Å²) in [6.07, 6.45) is 0. The quantitative estimate of drug-likeness (QED) is 0.821. The van der Waals surface area contributed by atoms with Gasteiger partial charge in [0.2, 0.25) is 5.91 Å². The molecule has 0 aliphatic carbocycles. The van der Waals surface area contributed by atoms with Crippen LogP contribution >= 0.6 is 0 Å². The molecule has 0 aliphatic rings. The van der Waals surface area contributed by atoms with Crippen LogP contribution in [0, 0.1) is 17.7 Å². The largest absolute Gasteiger partial charge is 0.484 e. The Balaban J connectivity index is 1.73. The lowest BCUT2D eigenvalue weighted by Crippen LogP contribution is -2.29. The van der Waals surface area contributed by atoms with Crippen LogP contribution in [-0.4, -0.2) is 25.0 Å². The Labute approximate surface area is 145 Å². The van der Waals surface area contributed by atoms with Crippen LogP contribution in [0.15, 0.2) is 48.5 Å².